The molecule has 0 fully saturated rings. The summed E-state index contributed by atoms with van der Waals surface area (Å²) in [6.45, 7) is 0. The molecule has 0 aliphatic heterocycles. The van der Waals surface area contributed by atoms with Gasteiger partial charge in [-0.3, -0.25) is 0 Å². The summed E-state index contributed by atoms with van der Waals surface area (Å²) >= 11 is 0. The molecule has 2 nitrogen and oxygen atoms in total. The van der Waals surface area contributed by atoms with Gasteiger partial charge in [-0.25, -0.2) is 9.97 Å². The van der Waals surface area contributed by atoms with Gasteiger partial charge >= 0.3 is 18.0 Å². The second-order valence-corrected chi connectivity index (χ2v) is 2.65. The van der Waals surface area contributed by atoms with E-state index in [9.17, 15) is 30.7 Å². The summed E-state index contributed by atoms with van der Waals surface area (Å²) in [6.07, 6.45) is -5.36. The minimum absolute atomic E-state index is 0.517. The van der Waals surface area contributed by atoms with E-state index in [1.165, 1.54) is 0 Å². The lowest BCUT2D eigenvalue weighted by Crippen LogP contribution is -2.50. The number of hydrogen-bond acceptors (Lipinski definition) is 2. The summed E-state index contributed by atoms with van der Waals surface area (Å²) < 4.78 is 85.7. The third-order valence-corrected chi connectivity index (χ3v) is 1.55. The van der Waals surface area contributed by atoms with Gasteiger partial charge in [-0.15, -0.1) is 0 Å². The van der Waals surface area contributed by atoms with Crippen LogP contribution in [0.5, 0.6) is 0 Å². The quantitative estimate of drug-likeness (QED) is 0.750. The molecule has 0 aliphatic rings. The summed E-state index contributed by atoms with van der Waals surface area (Å²) in [5.74, 6) is -13.7. The Balaban J connectivity index is 3.22. The lowest BCUT2D eigenvalue weighted by Gasteiger charge is -2.26. The summed E-state index contributed by atoms with van der Waals surface area (Å²) in [5, 5.41) is 0. The van der Waals surface area contributed by atoms with E-state index >= 15 is 0 Å². The van der Waals surface area contributed by atoms with E-state index in [0.717, 1.165) is 0 Å². The Hall–Kier alpha value is -1.41. The monoisotopic (exact) mass is 247 g/mol. The van der Waals surface area contributed by atoms with Crippen molar-refractivity contribution in [3.05, 3.63) is 24.3 Å². The number of halogens is 7. The fourth-order valence-corrected chi connectivity index (χ4v) is 0.744. The Bertz CT molecular complexity index is 359. The van der Waals surface area contributed by atoms with Gasteiger partial charge in [0.1, 0.15) is 0 Å². The van der Waals surface area contributed by atoms with Crippen LogP contribution >= 0.6 is 0 Å². The molecule has 1 radical (unpaired) electrons. The minimum atomic E-state index is -6.39. The maximum Gasteiger partial charge on any atom is 0.460 e. The van der Waals surface area contributed by atoms with Gasteiger partial charge < -0.3 is 0 Å². The first-order chi connectivity index (χ1) is 7.11. The SMILES string of the molecule is FC(F)(F)C(F)(F)C(F)(F)c1nc[c]cn1. The highest BCUT2D eigenvalue weighted by Crippen LogP contribution is 2.50. The highest BCUT2D eigenvalue weighted by molar-refractivity contribution is 5.05. The highest BCUT2D eigenvalue weighted by Gasteiger charge is 2.74. The summed E-state index contributed by atoms with van der Waals surface area (Å²) in [6, 6.07) is 2.01. The van der Waals surface area contributed by atoms with Crippen molar-refractivity contribution in [1.29, 1.82) is 0 Å². The third kappa shape index (κ3) is 1.81. The Kier molecular flexibility index (Phi) is 2.82. The predicted octanol–water partition coefficient (Wildman–Crippen LogP) is 2.57. The third-order valence-electron chi connectivity index (χ3n) is 1.55. The van der Waals surface area contributed by atoms with Crippen LogP contribution in [0.3, 0.4) is 0 Å². The molecule has 0 N–H and O–H groups in total. The van der Waals surface area contributed by atoms with Crippen LogP contribution in [0.25, 0.3) is 0 Å². The largest absolute Gasteiger partial charge is 0.460 e. The van der Waals surface area contributed by atoms with Gasteiger partial charge in [0.15, 0.2) is 0 Å². The molecule has 0 atom stereocenters. The molecule has 0 amide bonds. The van der Waals surface area contributed by atoms with Crippen molar-refractivity contribution in [1.82, 2.24) is 9.97 Å². The molecule has 0 aliphatic carbocycles. The average molecular weight is 247 g/mol. The van der Waals surface area contributed by atoms with Crippen LogP contribution in [0.15, 0.2) is 12.4 Å². The second-order valence-electron chi connectivity index (χ2n) is 2.65. The standard InChI is InChI=1S/C7H2F7N2/c8-5(9,4-15-2-1-3-16-4)6(10,11)7(12,13)14/h2-3H. The highest BCUT2D eigenvalue weighted by atomic mass is 19.4. The molecular weight excluding hydrogens is 245 g/mol. The maximum absolute atomic E-state index is 12.8. The normalized spacial score (nSPS) is 13.9. The van der Waals surface area contributed by atoms with Gasteiger partial charge in [0.2, 0.25) is 5.82 Å². The molecule has 1 aromatic heterocycles. The Labute approximate surface area is 84.1 Å². The smallest absolute Gasteiger partial charge is 0.235 e. The molecular formula is C7H2F7N2. The van der Waals surface area contributed by atoms with Gasteiger partial charge in [-0.05, 0) is 0 Å². The molecule has 1 aromatic rings. The van der Waals surface area contributed by atoms with Crippen molar-refractivity contribution in [3.8, 4) is 0 Å². The van der Waals surface area contributed by atoms with Crippen molar-refractivity contribution in [2.75, 3.05) is 0 Å². The number of hydrogen-bond donors (Lipinski definition) is 0. The van der Waals surface area contributed by atoms with E-state index in [-0.39, 0.29) is 0 Å². The zero-order valence-electron chi connectivity index (χ0n) is 7.19. The van der Waals surface area contributed by atoms with E-state index in [0.29, 0.717) is 12.4 Å². The Morgan fingerprint density at radius 2 is 1.31 bits per heavy atom. The molecule has 0 bridgehead atoms. The maximum atomic E-state index is 12.8. The molecule has 0 aromatic carbocycles. The second kappa shape index (κ2) is 3.56. The van der Waals surface area contributed by atoms with E-state index in [2.05, 4.69) is 9.97 Å². The number of alkyl halides is 7. The molecule has 0 unspecified atom stereocenters. The van der Waals surface area contributed by atoms with Crippen LogP contribution in [-0.2, 0) is 5.92 Å². The molecule has 0 saturated carbocycles. The predicted molar refractivity (Wildman–Crippen MR) is 35.8 cm³/mol. The fraction of sp³-hybridized carbons (Fsp3) is 0.429. The van der Waals surface area contributed by atoms with Crippen LogP contribution < -0.4 is 0 Å². The number of nitrogens with zero attached hydrogens (tertiary/aromatic N) is 2. The molecule has 1 rings (SSSR count). The van der Waals surface area contributed by atoms with Crippen LogP contribution in [0.4, 0.5) is 30.7 Å². The van der Waals surface area contributed by atoms with Gasteiger partial charge in [-0.2, -0.15) is 30.7 Å². The molecule has 16 heavy (non-hydrogen) atoms. The summed E-state index contributed by atoms with van der Waals surface area (Å²) in [4.78, 5) is 5.27. The Morgan fingerprint density at radius 3 is 1.69 bits per heavy atom. The van der Waals surface area contributed by atoms with Crippen molar-refractivity contribution in [2.24, 2.45) is 0 Å². The Morgan fingerprint density at radius 1 is 0.875 bits per heavy atom. The van der Waals surface area contributed by atoms with E-state index in [4.69, 9.17) is 0 Å². The van der Waals surface area contributed by atoms with Gasteiger partial charge in [0.05, 0.1) is 0 Å². The number of aromatic nitrogens is 2. The van der Waals surface area contributed by atoms with Crippen molar-refractivity contribution >= 4 is 0 Å². The van der Waals surface area contributed by atoms with E-state index < -0.39 is 23.8 Å². The van der Waals surface area contributed by atoms with E-state index in [1.54, 1.807) is 0 Å². The minimum Gasteiger partial charge on any atom is -0.235 e. The summed E-state index contributed by atoms with van der Waals surface area (Å²) in [7, 11) is 0. The molecule has 1 heterocycles. The van der Waals surface area contributed by atoms with Crippen LogP contribution in [-0.4, -0.2) is 22.1 Å². The van der Waals surface area contributed by atoms with Gasteiger partial charge in [-0.1, -0.05) is 0 Å². The molecule has 89 valence electrons. The fourth-order valence-electron chi connectivity index (χ4n) is 0.744. The van der Waals surface area contributed by atoms with Gasteiger partial charge in [0, 0.05) is 18.5 Å². The average Bonchev–Trinajstić information content (AvgIpc) is 2.17. The zero-order valence-corrected chi connectivity index (χ0v) is 7.19. The summed E-state index contributed by atoms with van der Waals surface area (Å²) in [5.41, 5.74) is 0. The molecule has 0 saturated heterocycles. The zero-order chi connectivity index (χ0) is 12.6. The molecule has 9 heteroatoms. The van der Waals surface area contributed by atoms with Crippen LogP contribution in [0.2, 0.25) is 0 Å². The lowest BCUT2D eigenvalue weighted by atomic mass is 10.1. The van der Waals surface area contributed by atoms with Crippen molar-refractivity contribution in [3.63, 3.8) is 0 Å². The van der Waals surface area contributed by atoms with Crippen LogP contribution in [0.1, 0.15) is 5.82 Å². The first kappa shape index (κ1) is 12.7. The first-order valence-electron chi connectivity index (χ1n) is 3.61. The number of rotatable bonds is 2. The topological polar surface area (TPSA) is 25.8 Å². The van der Waals surface area contributed by atoms with Crippen LogP contribution in [0, 0.1) is 6.07 Å². The van der Waals surface area contributed by atoms with Crippen molar-refractivity contribution < 1.29 is 30.7 Å². The first-order valence-corrected chi connectivity index (χ1v) is 3.61. The molecule has 0 spiro atoms. The lowest BCUT2D eigenvalue weighted by molar-refractivity contribution is -0.361. The van der Waals surface area contributed by atoms with Crippen molar-refractivity contribution in [2.45, 2.75) is 18.0 Å². The van der Waals surface area contributed by atoms with E-state index in [1.807, 2.05) is 6.07 Å². The van der Waals surface area contributed by atoms with Gasteiger partial charge in [0.25, 0.3) is 0 Å².